The molecule has 0 aliphatic carbocycles. The molecule has 0 radical (unpaired) electrons. The number of nitrogens with two attached hydrogens (primary N) is 1. The molecular formula is C13H23IN4O2S. The summed E-state index contributed by atoms with van der Waals surface area (Å²) in [6, 6.07) is 6.60. The van der Waals surface area contributed by atoms with Gasteiger partial charge in [-0.25, -0.2) is 18.1 Å². The fourth-order valence-electron chi connectivity index (χ4n) is 1.71. The number of aliphatic imine (C=N–C) groups is 1. The normalized spacial score (nSPS) is 11.9. The van der Waals surface area contributed by atoms with E-state index in [1.54, 1.807) is 24.3 Å². The van der Waals surface area contributed by atoms with E-state index < -0.39 is 10.0 Å². The molecule has 0 bridgehead atoms. The molecule has 120 valence electrons. The predicted molar refractivity (Wildman–Crippen MR) is 96.3 cm³/mol. The zero-order valence-corrected chi connectivity index (χ0v) is 15.7. The van der Waals surface area contributed by atoms with E-state index in [9.17, 15) is 8.42 Å². The van der Waals surface area contributed by atoms with E-state index in [0.717, 1.165) is 18.7 Å². The highest BCUT2D eigenvalue weighted by atomic mass is 127. The van der Waals surface area contributed by atoms with Crippen molar-refractivity contribution in [3.8, 4) is 0 Å². The molecule has 1 aromatic rings. The zero-order valence-electron chi connectivity index (χ0n) is 12.5. The molecule has 3 N–H and O–H groups in total. The minimum Gasteiger partial charge on any atom is -0.370 e. The fourth-order valence-corrected chi connectivity index (χ4v) is 2.44. The highest BCUT2D eigenvalue weighted by molar-refractivity contribution is 14.0. The van der Waals surface area contributed by atoms with Crippen LogP contribution < -0.4 is 10.5 Å². The molecule has 8 heteroatoms. The average molecular weight is 426 g/mol. The van der Waals surface area contributed by atoms with Crippen LogP contribution in [0.5, 0.6) is 0 Å². The molecule has 1 rings (SSSR count). The van der Waals surface area contributed by atoms with Crippen molar-refractivity contribution in [2.24, 2.45) is 10.7 Å². The van der Waals surface area contributed by atoms with Gasteiger partial charge in [0.1, 0.15) is 0 Å². The van der Waals surface area contributed by atoms with Gasteiger partial charge in [0, 0.05) is 13.1 Å². The van der Waals surface area contributed by atoms with Crippen molar-refractivity contribution >= 4 is 40.0 Å². The lowest BCUT2D eigenvalue weighted by atomic mass is 10.2. The van der Waals surface area contributed by atoms with Crippen molar-refractivity contribution in [2.45, 2.75) is 25.3 Å². The van der Waals surface area contributed by atoms with Gasteiger partial charge in [0.05, 0.1) is 11.4 Å². The Kier molecular flexibility index (Phi) is 8.83. The van der Waals surface area contributed by atoms with Gasteiger partial charge in [0.2, 0.25) is 10.0 Å². The third-order valence-corrected chi connectivity index (χ3v) is 4.44. The van der Waals surface area contributed by atoms with Crippen LogP contribution >= 0.6 is 24.0 Å². The summed E-state index contributed by atoms with van der Waals surface area (Å²) in [5.41, 5.74) is 6.79. The second-order valence-corrected chi connectivity index (χ2v) is 6.08. The molecule has 0 amide bonds. The Hall–Kier alpha value is -0.870. The summed E-state index contributed by atoms with van der Waals surface area (Å²) in [6.45, 7) is 6.09. The summed E-state index contributed by atoms with van der Waals surface area (Å²) in [5.74, 6) is 0.502. The van der Waals surface area contributed by atoms with E-state index in [1.165, 1.54) is 7.05 Å². The summed E-state index contributed by atoms with van der Waals surface area (Å²) in [6.07, 6.45) is 0. The first-order valence-electron chi connectivity index (χ1n) is 6.52. The quantitative estimate of drug-likeness (QED) is 0.409. The molecule has 0 aromatic heterocycles. The summed E-state index contributed by atoms with van der Waals surface area (Å²) in [7, 11) is -2.00. The van der Waals surface area contributed by atoms with Gasteiger partial charge >= 0.3 is 0 Å². The van der Waals surface area contributed by atoms with Gasteiger partial charge in [-0.3, -0.25) is 0 Å². The van der Waals surface area contributed by atoms with Crippen LogP contribution in [0, 0.1) is 0 Å². The monoisotopic (exact) mass is 426 g/mol. The first-order valence-corrected chi connectivity index (χ1v) is 8.00. The Morgan fingerprint density at radius 3 is 2.19 bits per heavy atom. The van der Waals surface area contributed by atoms with E-state index in [2.05, 4.69) is 9.71 Å². The fraction of sp³-hybridized carbons (Fsp3) is 0.462. The molecule has 0 aliphatic rings. The van der Waals surface area contributed by atoms with Gasteiger partial charge in [-0.05, 0) is 38.6 Å². The smallest absolute Gasteiger partial charge is 0.240 e. The predicted octanol–water partition coefficient (Wildman–Crippen LogP) is 1.37. The lowest BCUT2D eigenvalue weighted by Gasteiger charge is -2.19. The molecule has 0 spiro atoms. The minimum atomic E-state index is -3.39. The van der Waals surface area contributed by atoms with Gasteiger partial charge in [-0.2, -0.15) is 0 Å². The Balaban J connectivity index is 0.00000400. The summed E-state index contributed by atoms with van der Waals surface area (Å²) in [5, 5.41) is 0. The van der Waals surface area contributed by atoms with Crippen molar-refractivity contribution in [3.05, 3.63) is 29.8 Å². The Morgan fingerprint density at radius 2 is 1.76 bits per heavy atom. The second kappa shape index (κ2) is 9.21. The van der Waals surface area contributed by atoms with Gasteiger partial charge in [-0.1, -0.05) is 12.1 Å². The number of halogens is 1. The third-order valence-electron chi connectivity index (χ3n) is 3.01. The maximum absolute atomic E-state index is 11.6. The van der Waals surface area contributed by atoms with Gasteiger partial charge in [0.25, 0.3) is 0 Å². The molecule has 0 fully saturated rings. The van der Waals surface area contributed by atoms with E-state index in [4.69, 9.17) is 5.73 Å². The first-order chi connectivity index (χ1) is 9.44. The highest BCUT2D eigenvalue weighted by Crippen LogP contribution is 2.10. The van der Waals surface area contributed by atoms with Crippen molar-refractivity contribution in [2.75, 3.05) is 20.1 Å². The summed E-state index contributed by atoms with van der Waals surface area (Å²) in [4.78, 5) is 6.50. The maximum atomic E-state index is 11.6. The average Bonchev–Trinajstić information content (AvgIpc) is 2.47. The van der Waals surface area contributed by atoms with Crippen LogP contribution in [0.2, 0.25) is 0 Å². The number of hydrogen-bond donors (Lipinski definition) is 2. The largest absolute Gasteiger partial charge is 0.370 e. The number of nitrogens with one attached hydrogen (secondary N) is 1. The number of hydrogen-bond acceptors (Lipinski definition) is 3. The van der Waals surface area contributed by atoms with E-state index in [0.29, 0.717) is 12.5 Å². The van der Waals surface area contributed by atoms with Gasteiger partial charge < -0.3 is 10.6 Å². The van der Waals surface area contributed by atoms with Crippen LogP contribution in [-0.4, -0.2) is 39.4 Å². The standard InChI is InChI=1S/C13H22N4O2S.HI/c1-4-17(5-2)13(14)16-10-11-6-8-12(9-7-11)20(18,19)15-3;/h6-9,15H,4-5,10H2,1-3H3,(H2,14,16);1H. The molecule has 21 heavy (non-hydrogen) atoms. The van der Waals surface area contributed by atoms with Crippen LogP contribution in [0.3, 0.4) is 0 Å². The van der Waals surface area contributed by atoms with Crippen molar-refractivity contribution < 1.29 is 8.42 Å². The number of sulfonamides is 1. The number of rotatable bonds is 6. The molecule has 0 saturated heterocycles. The lowest BCUT2D eigenvalue weighted by molar-refractivity contribution is 0.458. The van der Waals surface area contributed by atoms with Crippen LogP contribution in [0.4, 0.5) is 0 Å². The molecular weight excluding hydrogens is 403 g/mol. The van der Waals surface area contributed by atoms with Crippen LogP contribution in [0.1, 0.15) is 19.4 Å². The maximum Gasteiger partial charge on any atom is 0.240 e. The van der Waals surface area contributed by atoms with E-state index >= 15 is 0 Å². The second-order valence-electron chi connectivity index (χ2n) is 4.20. The van der Waals surface area contributed by atoms with E-state index in [-0.39, 0.29) is 28.9 Å². The Bertz CT molecular complexity index is 554. The summed E-state index contributed by atoms with van der Waals surface area (Å²) < 4.78 is 25.4. The summed E-state index contributed by atoms with van der Waals surface area (Å²) >= 11 is 0. The van der Waals surface area contributed by atoms with Crippen LogP contribution in [0.25, 0.3) is 0 Å². The third kappa shape index (κ3) is 5.79. The molecule has 0 unspecified atom stereocenters. The van der Waals surface area contributed by atoms with Gasteiger partial charge in [0.15, 0.2) is 5.96 Å². The SMILES string of the molecule is CCN(CC)C(N)=NCc1ccc(S(=O)(=O)NC)cc1.I. The van der Waals surface area contributed by atoms with Gasteiger partial charge in [-0.15, -0.1) is 24.0 Å². The Morgan fingerprint density at radius 1 is 1.24 bits per heavy atom. The minimum absolute atomic E-state index is 0. The van der Waals surface area contributed by atoms with Crippen molar-refractivity contribution in [1.29, 1.82) is 0 Å². The van der Waals surface area contributed by atoms with Crippen molar-refractivity contribution in [1.82, 2.24) is 9.62 Å². The molecule has 0 atom stereocenters. The van der Waals surface area contributed by atoms with E-state index in [1.807, 2.05) is 18.7 Å². The number of benzene rings is 1. The number of nitrogens with zero attached hydrogens (tertiary/aromatic N) is 2. The zero-order chi connectivity index (χ0) is 15.2. The Labute approximate surface area is 143 Å². The molecule has 6 nitrogen and oxygen atoms in total. The van der Waals surface area contributed by atoms with Crippen LogP contribution in [0.15, 0.2) is 34.2 Å². The van der Waals surface area contributed by atoms with Crippen LogP contribution in [-0.2, 0) is 16.6 Å². The molecule has 0 aliphatic heterocycles. The van der Waals surface area contributed by atoms with Crippen molar-refractivity contribution in [3.63, 3.8) is 0 Å². The molecule has 0 saturated carbocycles. The lowest BCUT2D eigenvalue weighted by Crippen LogP contribution is -2.37. The molecule has 1 aromatic carbocycles. The highest BCUT2D eigenvalue weighted by Gasteiger charge is 2.10. The first kappa shape index (κ1) is 20.1. The number of guanidine groups is 1. The topological polar surface area (TPSA) is 87.8 Å². The molecule has 0 heterocycles.